The number of hydrogen-bond donors (Lipinski definition) is 0. The Morgan fingerprint density at radius 1 is 1.07 bits per heavy atom. The van der Waals surface area contributed by atoms with Gasteiger partial charge in [0.05, 0.1) is 5.39 Å². The number of halogens is 2. The minimum absolute atomic E-state index is 0.0982. The first-order chi connectivity index (χ1) is 13.8. The van der Waals surface area contributed by atoms with E-state index in [1.54, 1.807) is 24.3 Å². The highest BCUT2D eigenvalue weighted by Crippen LogP contribution is 2.15. The molecular weight excluding hydrogens is 382 g/mol. The molecule has 3 rings (SSSR count). The largest absolute Gasteiger partial charge is 0.452 e. The number of nitrogens with zero attached hydrogens (tertiary/aromatic N) is 2. The predicted octanol–water partition coefficient (Wildman–Crippen LogP) is 3.37. The average Bonchev–Trinajstić information content (AvgIpc) is 2.69. The van der Waals surface area contributed by atoms with Crippen molar-refractivity contribution < 1.29 is 23.1 Å². The van der Waals surface area contributed by atoms with Gasteiger partial charge in [-0.1, -0.05) is 32.0 Å². The number of fused-ring (bicyclic) bond motifs is 1. The summed E-state index contributed by atoms with van der Waals surface area (Å²) in [6, 6.07) is 9.13. The number of carbonyl (C=O) groups is 2. The first kappa shape index (κ1) is 20.3. The lowest BCUT2D eigenvalue weighted by molar-refractivity contribution is 0.0468. The number of carbonyl (C=O) groups excluding carboxylic acids is 2. The smallest absolute Gasteiger partial charge is 0.359 e. The maximum atomic E-state index is 13.3. The van der Waals surface area contributed by atoms with Crippen LogP contribution in [0.1, 0.15) is 34.7 Å². The van der Waals surface area contributed by atoms with Crippen molar-refractivity contribution in [3.63, 3.8) is 0 Å². The van der Waals surface area contributed by atoms with Crippen LogP contribution in [-0.2, 0) is 11.3 Å². The Morgan fingerprint density at radius 2 is 1.76 bits per heavy atom. The number of esters is 1. The van der Waals surface area contributed by atoms with E-state index >= 15 is 0 Å². The van der Waals surface area contributed by atoms with E-state index in [9.17, 15) is 23.2 Å². The van der Waals surface area contributed by atoms with Gasteiger partial charge < -0.3 is 4.74 Å². The molecule has 1 aromatic heterocycles. The highest BCUT2D eigenvalue weighted by atomic mass is 19.2. The minimum atomic E-state index is -1.17. The van der Waals surface area contributed by atoms with Crippen LogP contribution < -0.4 is 5.56 Å². The summed E-state index contributed by atoms with van der Waals surface area (Å²) < 4.78 is 32.5. The molecule has 3 aromatic rings. The molecule has 0 aliphatic carbocycles. The molecule has 0 fully saturated rings. The van der Waals surface area contributed by atoms with Crippen molar-refractivity contribution >= 4 is 22.5 Å². The van der Waals surface area contributed by atoms with Gasteiger partial charge in [0.25, 0.3) is 5.56 Å². The van der Waals surface area contributed by atoms with Crippen molar-refractivity contribution in [2.75, 3.05) is 6.61 Å². The molecule has 29 heavy (non-hydrogen) atoms. The normalized spacial score (nSPS) is 11.1. The Kier molecular flexibility index (Phi) is 5.81. The monoisotopic (exact) mass is 400 g/mol. The maximum absolute atomic E-state index is 13.3. The second kappa shape index (κ2) is 8.30. The minimum Gasteiger partial charge on any atom is -0.452 e. The average molecular weight is 400 g/mol. The highest BCUT2D eigenvalue weighted by molar-refractivity contribution is 6.04. The van der Waals surface area contributed by atoms with E-state index in [1.165, 1.54) is 4.68 Å². The van der Waals surface area contributed by atoms with E-state index in [-0.39, 0.29) is 22.7 Å². The van der Waals surface area contributed by atoms with Crippen LogP contribution in [0.4, 0.5) is 8.78 Å². The quantitative estimate of drug-likeness (QED) is 0.468. The van der Waals surface area contributed by atoms with Gasteiger partial charge in [-0.3, -0.25) is 9.59 Å². The molecule has 0 atom stereocenters. The molecule has 0 N–H and O–H groups in total. The van der Waals surface area contributed by atoms with Gasteiger partial charge in [-0.05, 0) is 30.2 Å². The number of aromatic nitrogens is 2. The van der Waals surface area contributed by atoms with Crippen LogP contribution in [0.2, 0.25) is 0 Å². The summed E-state index contributed by atoms with van der Waals surface area (Å²) in [6.45, 7) is 3.44. The van der Waals surface area contributed by atoms with Gasteiger partial charge in [0.15, 0.2) is 29.7 Å². The summed E-state index contributed by atoms with van der Waals surface area (Å²) in [5.41, 5.74) is -0.554. The number of ether oxygens (including phenoxy) is 1. The first-order valence-corrected chi connectivity index (χ1v) is 8.93. The SMILES string of the molecule is CC(C)Cn1nc(C(=O)OCC(=O)c2ccc(F)c(F)c2)c2ccccc2c1=O. The van der Waals surface area contributed by atoms with E-state index in [0.29, 0.717) is 17.3 Å². The molecule has 0 aliphatic heterocycles. The zero-order valence-electron chi connectivity index (χ0n) is 15.8. The molecule has 0 saturated carbocycles. The summed E-state index contributed by atoms with van der Waals surface area (Å²) in [4.78, 5) is 37.3. The van der Waals surface area contributed by atoms with Gasteiger partial charge in [0.1, 0.15) is 0 Å². The number of ketones is 1. The third kappa shape index (κ3) is 4.37. The van der Waals surface area contributed by atoms with Crippen LogP contribution in [0.15, 0.2) is 47.3 Å². The highest BCUT2D eigenvalue weighted by Gasteiger charge is 2.20. The topological polar surface area (TPSA) is 78.3 Å². The Bertz CT molecular complexity index is 1160. The van der Waals surface area contributed by atoms with E-state index in [2.05, 4.69) is 5.10 Å². The fourth-order valence-corrected chi connectivity index (χ4v) is 2.81. The standard InChI is InChI=1S/C21H18F2N2O4/c1-12(2)10-25-20(27)15-6-4-3-5-14(15)19(24-25)21(28)29-11-18(26)13-7-8-16(22)17(23)9-13/h3-9,12H,10-11H2,1-2H3. The van der Waals surface area contributed by atoms with Crippen molar-refractivity contribution in [1.29, 1.82) is 0 Å². The summed E-state index contributed by atoms with van der Waals surface area (Å²) in [5, 5.41) is 4.74. The molecule has 8 heteroatoms. The second-order valence-corrected chi connectivity index (χ2v) is 6.90. The summed E-state index contributed by atoms with van der Waals surface area (Å²) in [7, 11) is 0. The Labute approximate surface area is 164 Å². The number of rotatable bonds is 6. The zero-order valence-corrected chi connectivity index (χ0v) is 15.8. The molecule has 0 spiro atoms. The molecule has 0 bridgehead atoms. The molecule has 2 aromatic carbocycles. The Hall–Kier alpha value is -3.42. The van der Waals surface area contributed by atoms with Gasteiger partial charge in [-0.2, -0.15) is 5.10 Å². The van der Waals surface area contributed by atoms with Crippen LogP contribution in [0.5, 0.6) is 0 Å². The van der Waals surface area contributed by atoms with Crippen molar-refractivity contribution in [3.8, 4) is 0 Å². The molecule has 0 aliphatic rings. The van der Waals surface area contributed by atoms with E-state index in [1.807, 2.05) is 13.8 Å². The van der Waals surface area contributed by atoms with Crippen LogP contribution in [0, 0.1) is 17.6 Å². The first-order valence-electron chi connectivity index (χ1n) is 8.93. The molecular formula is C21H18F2N2O4. The van der Waals surface area contributed by atoms with Crippen molar-refractivity contribution in [2.24, 2.45) is 5.92 Å². The number of hydrogen-bond acceptors (Lipinski definition) is 5. The van der Waals surface area contributed by atoms with Crippen LogP contribution in [0.25, 0.3) is 10.8 Å². The third-order valence-corrected chi connectivity index (χ3v) is 4.18. The summed E-state index contributed by atoms with van der Waals surface area (Å²) >= 11 is 0. The molecule has 0 saturated heterocycles. The van der Waals surface area contributed by atoms with Crippen molar-refractivity contribution in [1.82, 2.24) is 9.78 Å². The Morgan fingerprint density at radius 3 is 2.41 bits per heavy atom. The molecule has 0 radical (unpaired) electrons. The van der Waals surface area contributed by atoms with Crippen LogP contribution >= 0.6 is 0 Å². The molecule has 0 unspecified atom stereocenters. The van der Waals surface area contributed by atoms with E-state index in [4.69, 9.17) is 4.74 Å². The van der Waals surface area contributed by atoms with E-state index in [0.717, 1.165) is 18.2 Å². The summed E-state index contributed by atoms with van der Waals surface area (Å²) in [5.74, 6) is -3.73. The van der Waals surface area contributed by atoms with E-state index < -0.39 is 30.0 Å². The number of Topliss-reactive ketones (excluding diaryl/α,β-unsaturated/α-hetero) is 1. The molecule has 6 nitrogen and oxygen atoms in total. The van der Waals surface area contributed by atoms with Crippen molar-refractivity contribution in [3.05, 3.63) is 75.7 Å². The maximum Gasteiger partial charge on any atom is 0.359 e. The van der Waals surface area contributed by atoms with Gasteiger partial charge in [-0.15, -0.1) is 0 Å². The Balaban J connectivity index is 1.88. The van der Waals surface area contributed by atoms with Gasteiger partial charge in [0, 0.05) is 17.5 Å². The van der Waals surface area contributed by atoms with Crippen LogP contribution in [0.3, 0.4) is 0 Å². The van der Waals surface area contributed by atoms with Crippen LogP contribution in [-0.4, -0.2) is 28.1 Å². The lowest BCUT2D eigenvalue weighted by Gasteiger charge is -2.12. The predicted molar refractivity (Wildman–Crippen MR) is 102 cm³/mol. The summed E-state index contributed by atoms with van der Waals surface area (Å²) in [6.07, 6.45) is 0. The fourth-order valence-electron chi connectivity index (χ4n) is 2.81. The second-order valence-electron chi connectivity index (χ2n) is 6.90. The lowest BCUT2D eigenvalue weighted by atomic mass is 10.1. The number of benzene rings is 2. The lowest BCUT2D eigenvalue weighted by Crippen LogP contribution is -2.28. The van der Waals surface area contributed by atoms with Gasteiger partial charge in [0.2, 0.25) is 0 Å². The van der Waals surface area contributed by atoms with Gasteiger partial charge in [-0.25, -0.2) is 18.3 Å². The molecule has 0 amide bonds. The fraction of sp³-hybridized carbons (Fsp3) is 0.238. The van der Waals surface area contributed by atoms with Gasteiger partial charge >= 0.3 is 5.97 Å². The zero-order chi connectivity index (χ0) is 21.1. The molecule has 150 valence electrons. The van der Waals surface area contributed by atoms with Crippen molar-refractivity contribution in [2.45, 2.75) is 20.4 Å². The molecule has 1 heterocycles. The third-order valence-electron chi connectivity index (χ3n) is 4.18.